The molecule has 0 bridgehead atoms. The Morgan fingerprint density at radius 1 is 1.12 bits per heavy atom. The van der Waals surface area contributed by atoms with Crippen molar-refractivity contribution in [2.24, 2.45) is 0 Å². The molecule has 0 fully saturated rings. The Hall–Kier alpha value is -1.42. The topological polar surface area (TPSA) is 24.9 Å². The Morgan fingerprint density at radius 2 is 1.94 bits per heavy atom. The highest BCUT2D eigenvalue weighted by molar-refractivity contribution is 9.10. The molecule has 0 saturated heterocycles. The number of hydrogen-bond donors (Lipinski definition) is 1. The zero-order valence-electron chi connectivity index (χ0n) is 8.67. The van der Waals surface area contributed by atoms with Crippen molar-refractivity contribution in [3.05, 3.63) is 52.5 Å². The molecular weight excluding hydrogens is 271 g/mol. The lowest BCUT2D eigenvalue weighted by atomic mass is 10.2. The van der Waals surface area contributed by atoms with E-state index in [-0.39, 0.29) is 5.82 Å². The minimum Gasteiger partial charge on any atom is -0.354 e. The van der Waals surface area contributed by atoms with E-state index in [0.717, 1.165) is 21.4 Å². The molecule has 0 radical (unpaired) electrons. The molecule has 1 heterocycles. The normalized spacial score (nSPS) is 10.2. The minimum absolute atomic E-state index is 0.245. The molecule has 0 unspecified atom stereocenters. The average molecular weight is 281 g/mol. The summed E-state index contributed by atoms with van der Waals surface area (Å²) in [5, 5.41) is 3.09. The second kappa shape index (κ2) is 4.61. The maximum Gasteiger partial charge on any atom is 0.125 e. The molecular formula is C12H10BrFN2. The SMILES string of the molecule is Cc1cc(F)cc(Nc2cncc(Br)c2)c1. The highest BCUT2D eigenvalue weighted by Gasteiger charge is 1.99. The van der Waals surface area contributed by atoms with Gasteiger partial charge in [0, 0.05) is 16.4 Å². The smallest absolute Gasteiger partial charge is 0.125 e. The van der Waals surface area contributed by atoms with Gasteiger partial charge in [-0.05, 0) is 52.7 Å². The molecule has 0 atom stereocenters. The summed E-state index contributed by atoms with van der Waals surface area (Å²) in [5.74, 6) is -0.245. The second-order valence-electron chi connectivity index (χ2n) is 3.53. The number of hydrogen-bond acceptors (Lipinski definition) is 2. The van der Waals surface area contributed by atoms with E-state index in [9.17, 15) is 4.39 Å². The molecule has 0 aliphatic rings. The maximum absolute atomic E-state index is 13.1. The summed E-state index contributed by atoms with van der Waals surface area (Å²) in [4.78, 5) is 4.02. The van der Waals surface area contributed by atoms with Crippen molar-refractivity contribution in [3.8, 4) is 0 Å². The third kappa shape index (κ3) is 2.79. The highest BCUT2D eigenvalue weighted by Crippen LogP contribution is 2.20. The summed E-state index contributed by atoms with van der Waals surface area (Å²) >= 11 is 3.33. The van der Waals surface area contributed by atoms with Crippen molar-refractivity contribution in [3.63, 3.8) is 0 Å². The van der Waals surface area contributed by atoms with Crippen LogP contribution in [0.15, 0.2) is 41.1 Å². The zero-order valence-corrected chi connectivity index (χ0v) is 10.3. The Kier molecular flexibility index (Phi) is 3.19. The van der Waals surface area contributed by atoms with Gasteiger partial charge >= 0.3 is 0 Å². The molecule has 1 aromatic carbocycles. The van der Waals surface area contributed by atoms with E-state index in [0.29, 0.717) is 0 Å². The molecule has 2 aromatic rings. The molecule has 2 nitrogen and oxygen atoms in total. The number of nitrogens with zero attached hydrogens (tertiary/aromatic N) is 1. The largest absolute Gasteiger partial charge is 0.354 e. The molecule has 1 aromatic heterocycles. The van der Waals surface area contributed by atoms with Gasteiger partial charge in [0.05, 0.1) is 11.9 Å². The van der Waals surface area contributed by atoms with Gasteiger partial charge in [-0.25, -0.2) is 4.39 Å². The van der Waals surface area contributed by atoms with Gasteiger partial charge < -0.3 is 5.32 Å². The standard InChI is InChI=1S/C12H10BrFN2/c1-8-2-10(14)5-11(3-8)16-12-4-9(13)6-15-7-12/h2-7,16H,1H3. The van der Waals surface area contributed by atoms with Crippen molar-refractivity contribution in [2.75, 3.05) is 5.32 Å². The van der Waals surface area contributed by atoms with Crippen molar-refractivity contribution < 1.29 is 4.39 Å². The predicted molar refractivity (Wildman–Crippen MR) is 66.4 cm³/mol. The zero-order chi connectivity index (χ0) is 11.5. The summed E-state index contributed by atoms with van der Waals surface area (Å²) in [6.45, 7) is 1.85. The molecule has 2 rings (SSSR count). The van der Waals surface area contributed by atoms with E-state index in [1.54, 1.807) is 12.4 Å². The fourth-order valence-corrected chi connectivity index (χ4v) is 1.82. The fourth-order valence-electron chi connectivity index (χ4n) is 1.46. The van der Waals surface area contributed by atoms with Crippen LogP contribution in [0.1, 0.15) is 5.56 Å². The highest BCUT2D eigenvalue weighted by atomic mass is 79.9. The van der Waals surface area contributed by atoms with Gasteiger partial charge in [-0.1, -0.05) is 0 Å². The molecule has 0 saturated carbocycles. The lowest BCUT2D eigenvalue weighted by Crippen LogP contribution is -1.92. The number of rotatable bonds is 2. The number of halogens is 2. The molecule has 0 amide bonds. The molecule has 0 aliphatic heterocycles. The lowest BCUT2D eigenvalue weighted by Gasteiger charge is -2.07. The van der Waals surface area contributed by atoms with Gasteiger partial charge in [-0.2, -0.15) is 0 Å². The van der Waals surface area contributed by atoms with Crippen LogP contribution in [0.5, 0.6) is 0 Å². The third-order valence-corrected chi connectivity index (χ3v) is 2.47. The Bertz CT molecular complexity index is 494. The number of aryl methyl sites for hydroxylation is 1. The van der Waals surface area contributed by atoms with Crippen LogP contribution in [0, 0.1) is 12.7 Å². The quantitative estimate of drug-likeness (QED) is 0.898. The first-order chi connectivity index (χ1) is 7.63. The summed E-state index contributed by atoms with van der Waals surface area (Å²) in [5.41, 5.74) is 2.42. The number of pyridine rings is 1. The number of benzene rings is 1. The molecule has 4 heteroatoms. The molecule has 0 spiro atoms. The van der Waals surface area contributed by atoms with Gasteiger partial charge in [-0.3, -0.25) is 4.98 Å². The first-order valence-electron chi connectivity index (χ1n) is 4.78. The Balaban J connectivity index is 2.27. The Morgan fingerprint density at radius 3 is 2.62 bits per heavy atom. The number of anilines is 2. The monoisotopic (exact) mass is 280 g/mol. The van der Waals surface area contributed by atoms with E-state index in [1.165, 1.54) is 12.1 Å². The van der Waals surface area contributed by atoms with Crippen molar-refractivity contribution in [1.29, 1.82) is 0 Å². The van der Waals surface area contributed by atoms with Crippen LogP contribution in [0.25, 0.3) is 0 Å². The van der Waals surface area contributed by atoms with Gasteiger partial charge in [0.25, 0.3) is 0 Å². The summed E-state index contributed by atoms with van der Waals surface area (Å²) < 4.78 is 14.0. The molecule has 82 valence electrons. The van der Waals surface area contributed by atoms with Crippen LogP contribution >= 0.6 is 15.9 Å². The maximum atomic E-state index is 13.1. The first kappa shape index (κ1) is 11.1. The fraction of sp³-hybridized carbons (Fsp3) is 0.0833. The van der Waals surface area contributed by atoms with E-state index in [1.807, 2.05) is 19.1 Å². The van der Waals surface area contributed by atoms with Crippen LogP contribution in [-0.2, 0) is 0 Å². The van der Waals surface area contributed by atoms with Gasteiger partial charge in [0.15, 0.2) is 0 Å². The van der Waals surface area contributed by atoms with Crippen LogP contribution in [0.2, 0.25) is 0 Å². The summed E-state index contributed by atoms with van der Waals surface area (Å²) in [6, 6.07) is 6.70. The van der Waals surface area contributed by atoms with Crippen LogP contribution in [0.3, 0.4) is 0 Å². The first-order valence-corrected chi connectivity index (χ1v) is 5.57. The van der Waals surface area contributed by atoms with E-state index in [2.05, 4.69) is 26.2 Å². The predicted octanol–water partition coefficient (Wildman–Crippen LogP) is 4.04. The van der Waals surface area contributed by atoms with Gasteiger partial charge in [-0.15, -0.1) is 0 Å². The van der Waals surface area contributed by atoms with Gasteiger partial charge in [0.2, 0.25) is 0 Å². The summed E-state index contributed by atoms with van der Waals surface area (Å²) in [6.07, 6.45) is 3.38. The van der Waals surface area contributed by atoms with E-state index >= 15 is 0 Å². The van der Waals surface area contributed by atoms with Crippen molar-refractivity contribution in [2.45, 2.75) is 6.92 Å². The van der Waals surface area contributed by atoms with Gasteiger partial charge in [0.1, 0.15) is 5.82 Å². The number of aromatic nitrogens is 1. The van der Waals surface area contributed by atoms with Crippen LogP contribution in [0.4, 0.5) is 15.8 Å². The second-order valence-corrected chi connectivity index (χ2v) is 4.45. The third-order valence-electron chi connectivity index (χ3n) is 2.04. The number of nitrogens with one attached hydrogen (secondary N) is 1. The average Bonchev–Trinajstić information content (AvgIpc) is 2.15. The van der Waals surface area contributed by atoms with Crippen LogP contribution in [-0.4, -0.2) is 4.98 Å². The van der Waals surface area contributed by atoms with Crippen molar-refractivity contribution >= 4 is 27.3 Å². The molecule has 1 N–H and O–H groups in total. The minimum atomic E-state index is -0.245. The van der Waals surface area contributed by atoms with Crippen molar-refractivity contribution in [1.82, 2.24) is 4.98 Å². The Labute approximate surface area is 102 Å². The summed E-state index contributed by atoms with van der Waals surface area (Å²) in [7, 11) is 0. The van der Waals surface area contributed by atoms with Crippen LogP contribution < -0.4 is 5.32 Å². The van der Waals surface area contributed by atoms with E-state index < -0.39 is 0 Å². The molecule has 16 heavy (non-hydrogen) atoms. The lowest BCUT2D eigenvalue weighted by molar-refractivity contribution is 0.627. The molecule has 0 aliphatic carbocycles. The van der Waals surface area contributed by atoms with E-state index in [4.69, 9.17) is 0 Å².